The topological polar surface area (TPSA) is 84.9 Å². The van der Waals surface area contributed by atoms with Gasteiger partial charge in [0.15, 0.2) is 11.5 Å². The van der Waals surface area contributed by atoms with E-state index in [4.69, 9.17) is 9.47 Å². The van der Waals surface area contributed by atoms with Gasteiger partial charge in [-0.1, -0.05) is 54.1 Å². The van der Waals surface area contributed by atoms with Crippen LogP contribution in [0.3, 0.4) is 0 Å². The predicted octanol–water partition coefficient (Wildman–Crippen LogP) is 5.87. The quantitative estimate of drug-likeness (QED) is 0.377. The lowest BCUT2D eigenvalue weighted by atomic mass is 10.1. The van der Waals surface area contributed by atoms with E-state index in [0.29, 0.717) is 29.4 Å². The number of rotatable bonds is 8. The number of hydrogen-bond donors (Lipinski definition) is 1. The number of nitrogens with one attached hydrogen (secondary N) is 1. The van der Waals surface area contributed by atoms with Gasteiger partial charge in [-0.15, -0.1) is 0 Å². The number of benzene rings is 3. The SMILES string of the molecule is COc1cc(/C=C2/SC(=O)N(CC(=O)Nc3c(C)cccc3C)C2=O)ccc1OCc1ccc(C)cc1. The minimum absolute atomic E-state index is 0.236. The molecule has 7 nitrogen and oxygen atoms in total. The normalized spacial score (nSPS) is 14.3. The first-order valence-corrected chi connectivity index (χ1v) is 12.5. The van der Waals surface area contributed by atoms with E-state index in [1.54, 1.807) is 31.4 Å². The van der Waals surface area contributed by atoms with Crippen molar-refractivity contribution in [3.63, 3.8) is 0 Å². The molecule has 0 saturated carbocycles. The van der Waals surface area contributed by atoms with Crippen LogP contribution < -0.4 is 14.8 Å². The lowest BCUT2D eigenvalue weighted by Crippen LogP contribution is -2.36. The Morgan fingerprint density at radius 3 is 2.35 bits per heavy atom. The molecule has 190 valence electrons. The van der Waals surface area contributed by atoms with Crippen LogP contribution in [0.4, 0.5) is 10.5 Å². The van der Waals surface area contributed by atoms with Gasteiger partial charge >= 0.3 is 0 Å². The molecule has 1 saturated heterocycles. The number of imide groups is 1. The molecule has 37 heavy (non-hydrogen) atoms. The fraction of sp³-hybridized carbons (Fsp3) is 0.207. The minimum atomic E-state index is -0.509. The van der Waals surface area contributed by atoms with Crippen molar-refractivity contribution in [2.45, 2.75) is 27.4 Å². The second-order valence-electron chi connectivity index (χ2n) is 8.77. The van der Waals surface area contributed by atoms with Crippen LogP contribution >= 0.6 is 11.8 Å². The third-order valence-corrected chi connectivity index (χ3v) is 6.83. The molecule has 4 rings (SSSR count). The van der Waals surface area contributed by atoms with Crippen LogP contribution in [0.15, 0.2) is 65.6 Å². The zero-order valence-electron chi connectivity index (χ0n) is 21.2. The molecule has 1 N–H and O–H groups in total. The van der Waals surface area contributed by atoms with Gasteiger partial charge in [0.25, 0.3) is 11.1 Å². The van der Waals surface area contributed by atoms with Gasteiger partial charge in [0.05, 0.1) is 12.0 Å². The molecule has 3 amide bonds. The molecule has 8 heteroatoms. The highest BCUT2D eigenvalue weighted by molar-refractivity contribution is 8.18. The Bertz CT molecular complexity index is 1360. The van der Waals surface area contributed by atoms with Crippen LogP contribution in [0.25, 0.3) is 6.08 Å². The summed E-state index contributed by atoms with van der Waals surface area (Å²) in [6.07, 6.45) is 1.61. The molecule has 0 spiro atoms. The number of nitrogens with zero attached hydrogens (tertiary/aromatic N) is 1. The van der Waals surface area contributed by atoms with E-state index in [2.05, 4.69) is 5.32 Å². The van der Waals surface area contributed by atoms with E-state index >= 15 is 0 Å². The van der Waals surface area contributed by atoms with E-state index in [-0.39, 0.29) is 11.4 Å². The number of carbonyl (C=O) groups is 3. The van der Waals surface area contributed by atoms with Crippen LogP contribution in [0.5, 0.6) is 11.5 Å². The van der Waals surface area contributed by atoms with Gasteiger partial charge in [0.2, 0.25) is 5.91 Å². The average molecular weight is 517 g/mol. The van der Waals surface area contributed by atoms with E-state index in [1.165, 1.54) is 5.56 Å². The molecule has 3 aromatic rings. The van der Waals surface area contributed by atoms with Gasteiger partial charge in [-0.25, -0.2) is 0 Å². The van der Waals surface area contributed by atoms with Crippen LogP contribution in [-0.4, -0.2) is 35.6 Å². The maximum atomic E-state index is 12.9. The number of anilines is 1. The monoisotopic (exact) mass is 516 g/mol. The molecule has 0 radical (unpaired) electrons. The van der Waals surface area contributed by atoms with Crippen molar-refractivity contribution in [2.24, 2.45) is 0 Å². The molecule has 1 aliphatic heterocycles. The summed E-state index contributed by atoms with van der Waals surface area (Å²) in [4.78, 5) is 39.3. The highest BCUT2D eigenvalue weighted by Crippen LogP contribution is 2.35. The lowest BCUT2D eigenvalue weighted by Gasteiger charge is -2.15. The summed E-state index contributed by atoms with van der Waals surface area (Å²) in [5.74, 6) is 0.132. The largest absolute Gasteiger partial charge is 0.493 e. The number of amides is 3. The number of methoxy groups -OCH3 is 1. The van der Waals surface area contributed by atoms with Crippen LogP contribution in [0.2, 0.25) is 0 Å². The smallest absolute Gasteiger partial charge is 0.294 e. The standard InChI is InChI=1S/C29H28N2O5S/c1-18-8-10-21(11-9-18)17-36-23-13-12-22(14-24(23)35-4)15-25-28(33)31(29(34)37-25)16-26(32)30-27-19(2)6-5-7-20(27)3/h5-15H,16-17H2,1-4H3,(H,30,32)/b25-15+. The molecule has 3 aromatic carbocycles. The van der Waals surface area contributed by atoms with Crippen molar-refractivity contribution in [1.29, 1.82) is 0 Å². The van der Waals surface area contributed by atoms with Gasteiger partial charge in [0, 0.05) is 5.69 Å². The Balaban J connectivity index is 1.43. The molecule has 1 aliphatic rings. The van der Waals surface area contributed by atoms with Crippen molar-refractivity contribution < 1.29 is 23.9 Å². The molecule has 0 bridgehead atoms. The minimum Gasteiger partial charge on any atom is -0.493 e. The maximum Gasteiger partial charge on any atom is 0.294 e. The van der Waals surface area contributed by atoms with Crippen LogP contribution in [-0.2, 0) is 16.2 Å². The second kappa shape index (κ2) is 11.3. The second-order valence-corrected chi connectivity index (χ2v) is 9.76. The third kappa shape index (κ3) is 6.21. The molecule has 1 heterocycles. The first-order valence-electron chi connectivity index (χ1n) is 11.7. The van der Waals surface area contributed by atoms with Crippen molar-refractivity contribution in [1.82, 2.24) is 4.90 Å². The Hall–Kier alpha value is -4.04. The Kier molecular flexibility index (Phi) is 7.98. The summed E-state index contributed by atoms with van der Waals surface area (Å²) >= 11 is 0.804. The number of aryl methyl sites for hydroxylation is 3. The lowest BCUT2D eigenvalue weighted by molar-refractivity contribution is -0.127. The first-order chi connectivity index (χ1) is 17.7. The van der Waals surface area contributed by atoms with Crippen LogP contribution in [0, 0.1) is 20.8 Å². The average Bonchev–Trinajstić information content (AvgIpc) is 3.13. The molecule has 0 aromatic heterocycles. The molecule has 0 aliphatic carbocycles. The van der Waals surface area contributed by atoms with Gasteiger partial charge in [-0.2, -0.15) is 0 Å². The van der Waals surface area contributed by atoms with E-state index in [0.717, 1.165) is 33.4 Å². The molecule has 1 fully saturated rings. The van der Waals surface area contributed by atoms with Crippen molar-refractivity contribution >= 4 is 40.6 Å². The van der Waals surface area contributed by atoms with Gasteiger partial charge in [0.1, 0.15) is 13.2 Å². The Morgan fingerprint density at radius 1 is 0.973 bits per heavy atom. The fourth-order valence-corrected chi connectivity index (χ4v) is 4.70. The summed E-state index contributed by atoms with van der Waals surface area (Å²) in [5, 5.41) is 2.33. The summed E-state index contributed by atoms with van der Waals surface area (Å²) in [6.45, 7) is 5.84. The van der Waals surface area contributed by atoms with E-state index < -0.39 is 17.1 Å². The Labute approximate surface area is 220 Å². The van der Waals surface area contributed by atoms with Crippen molar-refractivity contribution in [3.05, 3.63) is 93.4 Å². The van der Waals surface area contributed by atoms with E-state index in [9.17, 15) is 14.4 Å². The first kappa shape index (κ1) is 26.0. The molecule has 0 unspecified atom stereocenters. The predicted molar refractivity (Wildman–Crippen MR) is 146 cm³/mol. The maximum absolute atomic E-state index is 12.9. The Morgan fingerprint density at radius 2 is 1.68 bits per heavy atom. The summed E-state index contributed by atoms with van der Waals surface area (Å²) in [5.41, 5.74) is 5.38. The summed E-state index contributed by atoms with van der Waals surface area (Å²) in [7, 11) is 1.54. The highest BCUT2D eigenvalue weighted by atomic mass is 32.2. The van der Waals surface area contributed by atoms with E-state index in [1.807, 2.05) is 63.2 Å². The number of hydrogen-bond acceptors (Lipinski definition) is 6. The van der Waals surface area contributed by atoms with Crippen molar-refractivity contribution in [2.75, 3.05) is 19.0 Å². The number of thioether (sulfide) groups is 1. The molecular formula is C29H28N2O5S. The third-order valence-electron chi connectivity index (χ3n) is 5.92. The highest BCUT2D eigenvalue weighted by Gasteiger charge is 2.36. The van der Waals surface area contributed by atoms with Crippen LogP contribution in [0.1, 0.15) is 27.8 Å². The number of para-hydroxylation sites is 1. The van der Waals surface area contributed by atoms with Gasteiger partial charge in [-0.05, 0) is 73.0 Å². The van der Waals surface area contributed by atoms with Crippen molar-refractivity contribution in [3.8, 4) is 11.5 Å². The fourth-order valence-electron chi connectivity index (χ4n) is 3.86. The number of carbonyl (C=O) groups excluding carboxylic acids is 3. The zero-order valence-corrected chi connectivity index (χ0v) is 22.0. The summed E-state index contributed by atoms with van der Waals surface area (Å²) < 4.78 is 11.4. The zero-order chi connectivity index (χ0) is 26.5. The van der Waals surface area contributed by atoms with Gasteiger partial charge < -0.3 is 14.8 Å². The molecular weight excluding hydrogens is 488 g/mol. The summed E-state index contributed by atoms with van der Waals surface area (Å²) in [6, 6.07) is 19.0. The number of ether oxygens (including phenoxy) is 2. The van der Waals surface area contributed by atoms with Gasteiger partial charge in [-0.3, -0.25) is 19.3 Å². The molecule has 0 atom stereocenters.